The predicted octanol–water partition coefficient (Wildman–Crippen LogP) is 6.46. The fourth-order valence-electron chi connectivity index (χ4n) is 3.64. The standard InChI is InChI=1S/C27H27BrCl2N2O2/c1-2-14-31-27(34)25(15-19-6-4-3-5-7-19)32(18-20-8-11-22(28)12-9-20)26(33)16-21-10-13-23(29)17-24(21)30/h3-13,17,25H,2,14-16,18H2,1H3,(H,31,34)/t25-/m1/s1. The second kappa shape index (κ2) is 12.9. The molecule has 0 unspecified atom stereocenters. The molecular formula is C27H27BrCl2N2O2. The van der Waals surface area contributed by atoms with E-state index in [2.05, 4.69) is 21.2 Å². The van der Waals surface area contributed by atoms with Crippen LogP contribution in [0.2, 0.25) is 10.0 Å². The van der Waals surface area contributed by atoms with E-state index in [1.165, 1.54) is 0 Å². The number of carbonyl (C=O) groups excluding carboxylic acids is 2. The molecule has 2 amide bonds. The lowest BCUT2D eigenvalue weighted by atomic mass is 10.0. The molecule has 0 spiro atoms. The number of nitrogens with one attached hydrogen (secondary N) is 1. The fraction of sp³-hybridized carbons (Fsp3) is 0.259. The van der Waals surface area contributed by atoms with E-state index in [1.807, 2.05) is 61.5 Å². The van der Waals surface area contributed by atoms with Gasteiger partial charge in [0.25, 0.3) is 0 Å². The third-order valence-electron chi connectivity index (χ3n) is 5.44. The van der Waals surface area contributed by atoms with E-state index in [1.54, 1.807) is 23.1 Å². The van der Waals surface area contributed by atoms with Gasteiger partial charge in [-0.3, -0.25) is 9.59 Å². The summed E-state index contributed by atoms with van der Waals surface area (Å²) in [6.07, 6.45) is 1.29. The fourth-order valence-corrected chi connectivity index (χ4v) is 4.38. The van der Waals surface area contributed by atoms with E-state index in [0.29, 0.717) is 35.1 Å². The monoisotopic (exact) mass is 560 g/mol. The molecule has 0 aliphatic carbocycles. The van der Waals surface area contributed by atoms with Gasteiger partial charge in [-0.05, 0) is 47.4 Å². The van der Waals surface area contributed by atoms with Crippen molar-refractivity contribution in [1.82, 2.24) is 10.2 Å². The van der Waals surface area contributed by atoms with Gasteiger partial charge >= 0.3 is 0 Å². The average Bonchev–Trinajstić information content (AvgIpc) is 2.83. The third kappa shape index (κ3) is 7.59. The van der Waals surface area contributed by atoms with Crippen LogP contribution in [-0.4, -0.2) is 29.3 Å². The summed E-state index contributed by atoms with van der Waals surface area (Å²) in [5.41, 5.74) is 2.58. The molecule has 3 rings (SSSR count). The molecule has 4 nitrogen and oxygen atoms in total. The number of halogens is 3. The van der Waals surface area contributed by atoms with E-state index in [-0.39, 0.29) is 18.2 Å². The highest BCUT2D eigenvalue weighted by Crippen LogP contribution is 2.24. The lowest BCUT2D eigenvalue weighted by molar-refractivity contribution is -0.140. The van der Waals surface area contributed by atoms with Crippen molar-refractivity contribution in [3.05, 3.63) is 104 Å². The molecule has 0 fully saturated rings. The highest BCUT2D eigenvalue weighted by atomic mass is 79.9. The molecule has 0 aliphatic heterocycles. The molecule has 0 aromatic heterocycles. The summed E-state index contributed by atoms with van der Waals surface area (Å²) < 4.78 is 0.948. The van der Waals surface area contributed by atoms with E-state index >= 15 is 0 Å². The van der Waals surface area contributed by atoms with Gasteiger partial charge in [-0.25, -0.2) is 0 Å². The summed E-state index contributed by atoms with van der Waals surface area (Å²) >= 11 is 15.8. The molecule has 3 aromatic carbocycles. The van der Waals surface area contributed by atoms with Gasteiger partial charge in [-0.15, -0.1) is 0 Å². The minimum atomic E-state index is -0.670. The summed E-state index contributed by atoms with van der Waals surface area (Å²) in [6.45, 7) is 2.85. The number of rotatable bonds is 10. The summed E-state index contributed by atoms with van der Waals surface area (Å²) in [7, 11) is 0. The zero-order valence-corrected chi connectivity index (χ0v) is 22.0. The molecule has 0 bridgehead atoms. The van der Waals surface area contributed by atoms with Gasteiger partial charge in [-0.1, -0.05) is 94.6 Å². The van der Waals surface area contributed by atoms with Crippen molar-refractivity contribution in [3.8, 4) is 0 Å². The van der Waals surface area contributed by atoms with Crippen LogP contribution in [0.25, 0.3) is 0 Å². The molecule has 0 radical (unpaired) electrons. The maximum absolute atomic E-state index is 13.7. The Kier molecular flexibility index (Phi) is 10.00. The summed E-state index contributed by atoms with van der Waals surface area (Å²) in [5.74, 6) is -0.349. The van der Waals surface area contributed by atoms with Crippen LogP contribution >= 0.6 is 39.1 Å². The Morgan fingerprint density at radius 2 is 1.68 bits per heavy atom. The first-order valence-corrected chi connectivity index (χ1v) is 12.7. The minimum Gasteiger partial charge on any atom is -0.354 e. The molecule has 0 saturated heterocycles. The van der Waals surface area contributed by atoms with E-state index < -0.39 is 6.04 Å². The number of amides is 2. The van der Waals surface area contributed by atoms with Gasteiger partial charge in [-0.2, -0.15) is 0 Å². The second-order valence-corrected chi connectivity index (χ2v) is 9.82. The Labute approximate surface area is 219 Å². The van der Waals surface area contributed by atoms with Gasteiger partial charge in [0.15, 0.2) is 0 Å². The van der Waals surface area contributed by atoms with Crippen molar-refractivity contribution in [1.29, 1.82) is 0 Å². The SMILES string of the molecule is CCCNC(=O)[C@@H](Cc1ccccc1)N(Cc1ccc(Br)cc1)C(=O)Cc1ccc(Cl)cc1Cl. The first-order valence-electron chi connectivity index (χ1n) is 11.2. The highest BCUT2D eigenvalue weighted by molar-refractivity contribution is 9.10. The summed E-state index contributed by atoms with van der Waals surface area (Å²) in [4.78, 5) is 28.6. The Hall–Kier alpha value is -2.34. The lowest BCUT2D eigenvalue weighted by Gasteiger charge is -2.32. The quantitative estimate of drug-likeness (QED) is 0.308. The van der Waals surface area contributed by atoms with Gasteiger partial charge in [0.1, 0.15) is 6.04 Å². The Balaban J connectivity index is 1.96. The number of benzene rings is 3. The second-order valence-electron chi connectivity index (χ2n) is 8.06. The van der Waals surface area contributed by atoms with Crippen LogP contribution < -0.4 is 5.32 Å². The Bertz CT molecular complexity index is 1110. The minimum absolute atomic E-state index is 0.0683. The molecule has 1 atom stereocenters. The normalized spacial score (nSPS) is 11.6. The summed E-state index contributed by atoms with van der Waals surface area (Å²) in [5, 5.41) is 3.92. The number of nitrogens with zero attached hydrogens (tertiary/aromatic N) is 1. The largest absolute Gasteiger partial charge is 0.354 e. The molecule has 3 aromatic rings. The van der Waals surface area contributed by atoms with Crippen LogP contribution in [0.5, 0.6) is 0 Å². The first-order chi connectivity index (χ1) is 16.4. The van der Waals surface area contributed by atoms with Gasteiger partial charge in [0.2, 0.25) is 11.8 Å². The predicted molar refractivity (Wildman–Crippen MR) is 142 cm³/mol. The highest BCUT2D eigenvalue weighted by Gasteiger charge is 2.30. The van der Waals surface area contributed by atoms with E-state index in [0.717, 1.165) is 22.0 Å². The van der Waals surface area contributed by atoms with Crippen molar-refractivity contribution >= 4 is 50.9 Å². The molecule has 0 saturated carbocycles. The zero-order valence-electron chi connectivity index (χ0n) is 18.9. The molecule has 34 heavy (non-hydrogen) atoms. The molecule has 1 N–H and O–H groups in total. The molecule has 0 aliphatic rings. The molecule has 0 heterocycles. The van der Waals surface area contributed by atoms with Crippen LogP contribution in [-0.2, 0) is 29.0 Å². The van der Waals surface area contributed by atoms with Crippen molar-refractivity contribution in [2.24, 2.45) is 0 Å². The van der Waals surface area contributed by atoms with E-state index in [4.69, 9.17) is 23.2 Å². The number of carbonyl (C=O) groups is 2. The Morgan fingerprint density at radius 3 is 2.32 bits per heavy atom. The molecule has 7 heteroatoms. The van der Waals surface area contributed by atoms with Crippen molar-refractivity contribution < 1.29 is 9.59 Å². The maximum atomic E-state index is 13.7. The average molecular weight is 562 g/mol. The van der Waals surface area contributed by atoms with Gasteiger partial charge in [0, 0.05) is 34.0 Å². The topological polar surface area (TPSA) is 49.4 Å². The van der Waals surface area contributed by atoms with Gasteiger partial charge in [0.05, 0.1) is 6.42 Å². The van der Waals surface area contributed by atoms with Crippen LogP contribution in [0.3, 0.4) is 0 Å². The van der Waals surface area contributed by atoms with Crippen LogP contribution in [0.1, 0.15) is 30.0 Å². The molecule has 178 valence electrons. The maximum Gasteiger partial charge on any atom is 0.243 e. The lowest BCUT2D eigenvalue weighted by Crippen LogP contribution is -2.51. The molecular weight excluding hydrogens is 535 g/mol. The van der Waals surface area contributed by atoms with Crippen molar-refractivity contribution in [3.63, 3.8) is 0 Å². The van der Waals surface area contributed by atoms with Crippen LogP contribution in [0.4, 0.5) is 0 Å². The third-order valence-corrected chi connectivity index (χ3v) is 6.56. The smallest absolute Gasteiger partial charge is 0.243 e. The zero-order chi connectivity index (χ0) is 24.5. The number of hydrogen-bond donors (Lipinski definition) is 1. The van der Waals surface area contributed by atoms with Crippen LogP contribution in [0, 0.1) is 0 Å². The Morgan fingerprint density at radius 1 is 0.971 bits per heavy atom. The number of hydrogen-bond acceptors (Lipinski definition) is 2. The van der Waals surface area contributed by atoms with Crippen molar-refractivity contribution in [2.75, 3.05) is 6.54 Å². The van der Waals surface area contributed by atoms with Crippen molar-refractivity contribution in [2.45, 2.75) is 38.8 Å². The summed E-state index contributed by atoms with van der Waals surface area (Å²) in [6, 6.07) is 21.9. The van der Waals surface area contributed by atoms with Crippen LogP contribution in [0.15, 0.2) is 77.3 Å². The first kappa shape index (κ1) is 26.3. The van der Waals surface area contributed by atoms with Gasteiger partial charge < -0.3 is 10.2 Å². The van der Waals surface area contributed by atoms with E-state index in [9.17, 15) is 9.59 Å².